The first kappa shape index (κ1) is 6.55. The van der Waals surface area contributed by atoms with E-state index in [9.17, 15) is 4.79 Å². The van der Waals surface area contributed by atoms with Crippen LogP contribution in [-0.4, -0.2) is 26.2 Å². The van der Waals surface area contributed by atoms with Crippen LogP contribution < -0.4 is 5.32 Å². The molecule has 0 saturated carbocycles. The fourth-order valence-corrected chi connectivity index (χ4v) is 1.14. The topological polar surface area (TPSA) is 42.9 Å². The third-order valence-corrected chi connectivity index (χ3v) is 1.70. The van der Waals surface area contributed by atoms with Gasteiger partial charge in [-0.1, -0.05) is 0 Å². The number of hydrogen-bond acceptors (Lipinski definition) is 2. The van der Waals surface area contributed by atoms with E-state index in [1.165, 1.54) is 7.11 Å². The number of ether oxygens (including phenoxy) is 1. The Balaban J connectivity index is 2.32. The van der Waals surface area contributed by atoms with Crippen molar-refractivity contribution in [3.05, 3.63) is 0 Å². The molecule has 3 heteroatoms. The molecule has 0 unspecified atom stereocenters. The largest absolute Gasteiger partial charge is 0.469 e. The van der Waals surface area contributed by atoms with Crippen molar-refractivity contribution < 1.29 is 14.8 Å². The van der Waals surface area contributed by atoms with Crippen LogP contribution in [0.1, 0.15) is 6.42 Å². The number of rotatable bonds is 1. The van der Waals surface area contributed by atoms with Crippen LogP contribution >= 0.6 is 0 Å². The predicted octanol–water partition coefficient (Wildman–Crippen LogP) is -1.26. The van der Waals surface area contributed by atoms with Gasteiger partial charge in [0.1, 0.15) is 5.92 Å². The molecule has 0 spiro atoms. The van der Waals surface area contributed by atoms with E-state index in [1.54, 1.807) is 0 Å². The van der Waals surface area contributed by atoms with Gasteiger partial charge in [-0.3, -0.25) is 4.79 Å². The molecule has 0 aromatic carbocycles. The van der Waals surface area contributed by atoms with Crippen molar-refractivity contribution in [1.82, 2.24) is 0 Å². The van der Waals surface area contributed by atoms with Crippen LogP contribution in [0.25, 0.3) is 0 Å². The first-order chi connectivity index (χ1) is 4.34. The van der Waals surface area contributed by atoms with Crippen LogP contribution in [0.4, 0.5) is 0 Å². The Hall–Kier alpha value is -0.570. The summed E-state index contributed by atoms with van der Waals surface area (Å²) in [5.41, 5.74) is 0. The molecule has 52 valence electrons. The minimum atomic E-state index is -0.0521. The van der Waals surface area contributed by atoms with Gasteiger partial charge in [0.25, 0.3) is 0 Å². The Morgan fingerprint density at radius 2 is 2.56 bits per heavy atom. The number of hydrogen-bond donors (Lipinski definition) is 1. The van der Waals surface area contributed by atoms with Crippen molar-refractivity contribution in [2.45, 2.75) is 6.42 Å². The van der Waals surface area contributed by atoms with E-state index >= 15 is 0 Å². The molecule has 2 N–H and O–H groups in total. The van der Waals surface area contributed by atoms with E-state index in [4.69, 9.17) is 0 Å². The fourth-order valence-electron chi connectivity index (χ4n) is 1.14. The summed E-state index contributed by atoms with van der Waals surface area (Å²) >= 11 is 0. The van der Waals surface area contributed by atoms with E-state index in [1.807, 2.05) is 0 Å². The molecule has 0 radical (unpaired) electrons. The van der Waals surface area contributed by atoms with Crippen LogP contribution in [0.15, 0.2) is 0 Å². The lowest BCUT2D eigenvalue weighted by Crippen LogP contribution is -2.81. The van der Waals surface area contributed by atoms with Crippen molar-refractivity contribution in [2.75, 3.05) is 20.2 Å². The average Bonchev–Trinajstić information content (AvgIpc) is 2.37. The number of carbonyl (C=O) groups is 1. The molecule has 0 aromatic heterocycles. The Labute approximate surface area is 54.4 Å². The second kappa shape index (κ2) is 2.82. The SMILES string of the molecule is COC(=O)[C@H]1CC[NH2+]C1. The zero-order valence-corrected chi connectivity index (χ0v) is 5.59. The maximum absolute atomic E-state index is 10.8. The summed E-state index contributed by atoms with van der Waals surface area (Å²) in [4.78, 5) is 10.8. The van der Waals surface area contributed by atoms with Gasteiger partial charge in [0.2, 0.25) is 0 Å². The van der Waals surface area contributed by atoms with Crippen LogP contribution in [0.5, 0.6) is 0 Å². The first-order valence-electron chi connectivity index (χ1n) is 3.24. The van der Waals surface area contributed by atoms with Gasteiger partial charge in [-0.2, -0.15) is 0 Å². The second-order valence-corrected chi connectivity index (χ2v) is 2.32. The van der Waals surface area contributed by atoms with Crippen molar-refractivity contribution >= 4 is 5.97 Å². The summed E-state index contributed by atoms with van der Waals surface area (Å²) in [7, 11) is 1.45. The third-order valence-electron chi connectivity index (χ3n) is 1.70. The van der Waals surface area contributed by atoms with Crippen LogP contribution in [-0.2, 0) is 9.53 Å². The minimum absolute atomic E-state index is 0.0521. The Morgan fingerprint density at radius 1 is 1.78 bits per heavy atom. The zero-order valence-electron chi connectivity index (χ0n) is 5.59. The number of nitrogens with two attached hydrogens (primary N) is 1. The van der Waals surface area contributed by atoms with E-state index in [2.05, 4.69) is 10.1 Å². The molecule has 9 heavy (non-hydrogen) atoms. The van der Waals surface area contributed by atoms with E-state index in [0.717, 1.165) is 19.5 Å². The van der Waals surface area contributed by atoms with Gasteiger partial charge in [0, 0.05) is 6.42 Å². The highest BCUT2D eigenvalue weighted by Crippen LogP contribution is 2.03. The lowest BCUT2D eigenvalue weighted by atomic mass is 10.1. The normalized spacial score (nSPS) is 26.1. The van der Waals surface area contributed by atoms with Crippen molar-refractivity contribution in [3.63, 3.8) is 0 Å². The van der Waals surface area contributed by atoms with Gasteiger partial charge < -0.3 is 10.1 Å². The minimum Gasteiger partial charge on any atom is -0.469 e. The predicted molar refractivity (Wildman–Crippen MR) is 31.8 cm³/mol. The van der Waals surface area contributed by atoms with Crippen LogP contribution in [0.3, 0.4) is 0 Å². The fraction of sp³-hybridized carbons (Fsp3) is 0.833. The second-order valence-electron chi connectivity index (χ2n) is 2.32. The Bertz CT molecular complexity index is 108. The zero-order chi connectivity index (χ0) is 6.69. The van der Waals surface area contributed by atoms with Gasteiger partial charge >= 0.3 is 5.97 Å². The third kappa shape index (κ3) is 1.42. The molecular weight excluding hydrogens is 118 g/mol. The maximum Gasteiger partial charge on any atom is 0.314 e. The van der Waals surface area contributed by atoms with E-state index in [0.29, 0.717) is 0 Å². The average molecular weight is 130 g/mol. The smallest absolute Gasteiger partial charge is 0.314 e. The molecule has 3 nitrogen and oxygen atoms in total. The summed E-state index contributed by atoms with van der Waals surface area (Å²) in [5.74, 6) is 0.110. The number of methoxy groups -OCH3 is 1. The number of esters is 1. The number of quaternary nitrogens is 1. The van der Waals surface area contributed by atoms with Gasteiger partial charge in [-0.15, -0.1) is 0 Å². The quantitative estimate of drug-likeness (QED) is 0.450. The van der Waals surface area contributed by atoms with Gasteiger partial charge in [0.05, 0.1) is 20.2 Å². The van der Waals surface area contributed by atoms with Gasteiger partial charge in [-0.05, 0) is 0 Å². The van der Waals surface area contributed by atoms with Crippen molar-refractivity contribution in [3.8, 4) is 0 Å². The Morgan fingerprint density at radius 3 is 3.00 bits per heavy atom. The maximum atomic E-state index is 10.8. The summed E-state index contributed by atoms with van der Waals surface area (Å²) in [6.45, 7) is 1.98. The van der Waals surface area contributed by atoms with Crippen molar-refractivity contribution in [2.24, 2.45) is 5.92 Å². The molecule has 1 heterocycles. The molecule has 1 aliphatic rings. The molecular formula is C6H12NO2+. The highest BCUT2D eigenvalue weighted by Gasteiger charge is 2.25. The summed E-state index contributed by atoms with van der Waals surface area (Å²) in [6, 6.07) is 0. The highest BCUT2D eigenvalue weighted by molar-refractivity contribution is 5.72. The molecule has 1 aliphatic heterocycles. The molecule has 1 atom stereocenters. The molecule has 0 aliphatic carbocycles. The monoisotopic (exact) mass is 130 g/mol. The van der Waals surface area contributed by atoms with Crippen LogP contribution in [0.2, 0.25) is 0 Å². The van der Waals surface area contributed by atoms with Crippen LogP contribution in [0, 0.1) is 5.92 Å². The highest BCUT2D eigenvalue weighted by atomic mass is 16.5. The number of carbonyl (C=O) groups excluding carboxylic acids is 1. The molecule has 0 aromatic rings. The molecule has 1 rings (SSSR count). The molecule has 0 amide bonds. The van der Waals surface area contributed by atoms with Gasteiger partial charge in [0.15, 0.2) is 0 Å². The lowest BCUT2D eigenvalue weighted by molar-refractivity contribution is -0.637. The molecule has 0 bridgehead atoms. The molecule has 1 fully saturated rings. The van der Waals surface area contributed by atoms with E-state index in [-0.39, 0.29) is 11.9 Å². The summed E-state index contributed by atoms with van der Waals surface area (Å²) in [6.07, 6.45) is 0.979. The standard InChI is InChI=1S/C6H11NO2/c1-9-6(8)5-2-3-7-4-5/h5,7H,2-4H2,1H3/p+1/t5-/m0/s1. The molecule has 1 saturated heterocycles. The van der Waals surface area contributed by atoms with Crippen molar-refractivity contribution in [1.29, 1.82) is 0 Å². The lowest BCUT2D eigenvalue weighted by Gasteiger charge is -2.00. The summed E-state index contributed by atoms with van der Waals surface area (Å²) < 4.78 is 4.58. The van der Waals surface area contributed by atoms with E-state index < -0.39 is 0 Å². The Kier molecular flexibility index (Phi) is 2.05. The summed E-state index contributed by atoms with van der Waals surface area (Å²) in [5, 5.41) is 2.14. The van der Waals surface area contributed by atoms with Gasteiger partial charge in [-0.25, -0.2) is 0 Å². The first-order valence-corrected chi connectivity index (χ1v) is 3.24.